The summed E-state index contributed by atoms with van der Waals surface area (Å²) in [6.07, 6.45) is 46.7. The molecule has 362 valence electrons. The maximum atomic E-state index is 12.8. The molecule has 0 aliphatic rings. The van der Waals surface area contributed by atoms with Crippen molar-refractivity contribution in [1.82, 2.24) is 0 Å². The molecule has 0 aromatic rings. The normalized spacial score (nSPS) is 12.6. The van der Waals surface area contributed by atoms with Gasteiger partial charge in [-0.2, -0.15) is 0 Å². The molecule has 0 saturated heterocycles. The molecule has 0 aliphatic carbocycles. The molecule has 6 nitrogen and oxygen atoms in total. The molecule has 0 spiro atoms. The molecule has 0 aromatic carbocycles. The van der Waals surface area contributed by atoms with Gasteiger partial charge in [-0.05, 0) is 37.0 Å². The number of hydrogen-bond acceptors (Lipinski definition) is 6. The third-order valence-electron chi connectivity index (χ3n) is 12.8. The van der Waals surface area contributed by atoms with Crippen LogP contribution in [0.15, 0.2) is 0 Å². The molecule has 0 N–H and O–H groups in total. The molecular formula is C55H106O6. The van der Waals surface area contributed by atoms with Crippen LogP contribution in [0.25, 0.3) is 0 Å². The lowest BCUT2D eigenvalue weighted by Gasteiger charge is -2.18. The Hall–Kier alpha value is -1.59. The summed E-state index contributed by atoms with van der Waals surface area (Å²) in [5, 5.41) is 0. The maximum Gasteiger partial charge on any atom is 0.306 e. The first-order chi connectivity index (χ1) is 29.6. The van der Waals surface area contributed by atoms with Crippen molar-refractivity contribution in [2.24, 2.45) is 17.8 Å². The molecule has 0 rings (SSSR count). The first-order valence-corrected chi connectivity index (χ1v) is 27.1. The number of esters is 3. The summed E-state index contributed by atoms with van der Waals surface area (Å²) in [5.41, 5.74) is 0. The van der Waals surface area contributed by atoms with Gasteiger partial charge in [-0.15, -0.1) is 0 Å². The summed E-state index contributed by atoms with van der Waals surface area (Å²) in [6, 6.07) is 0. The molecule has 0 fully saturated rings. The number of ether oxygens (including phenoxy) is 3. The Morgan fingerprint density at radius 3 is 0.852 bits per heavy atom. The van der Waals surface area contributed by atoms with E-state index in [1.54, 1.807) is 0 Å². The molecule has 0 radical (unpaired) electrons. The highest BCUT2D eigenvalue weighted by Gasteiger charge is 2.19. The van der Waals surface area contributed by atoms with Gasteiger partial charge < -0.3 is 14.2 Å². The van der Waals surface area contributed by atoms with Gasteiger partial charge in [-0.1, -0.05) is 260 Å². The number of carbonyl (C=O) groups is 3. The average Bonchev–Trinajstić information content (AvgIpc) is 3.23. The number of hydrogen-bond donors (Lipinski definition) is 0. The fourth-order valence-corrected chi connectivity index (χ4v) is 8.26. The van der Waals surface area contributed by atoms with Crippen LogP contribution in [0.1, 0.15) is 298 Å². The zero-order chi connectivity index (χ0) is 44.9. The van der Waals surface area contributed by atoms with Gasteiger partial charge in [0.1, 0.15) is 13.2 Å². The van der Waals surface area contributed by atoms with E-state index in [1.807, 2.05) is 0 Å². The SMILES string of the molecule is CCC(C)CCCCCCCCCCC(=O)OC[C@H](COC(=O)CCCCCCCCCC(C)C)OC(=O)CCCCCCCCCCCCCCCCCCCCC(C)C. The van der Waals surface area contributed by atoms with Crippen LogP contribution in [0.5, 0.6) is 0 Å². The van der Waals surface area contributed by atoms with Gasteiger partial charge in [0, 0.05) is 19.3 Å². The highest BCUT2D eigenvalue weighted by atomic mass is 16.6. The van der Waals surface area contributed by atoms with E-state index in [2.05, 4.69) is 41.5 Å². The number of rotatable bonds is 48. The first-order valence-electron chi connectivity index (χ1n) is 27.1. The van der Waals surface area contributed by atoms with Crippen molar-refractivity contribution >= 4 is 17.9 Å². The van der Waals surface area contributed by atoms with Crippen LogP contribution in [0.3, 0.4) is 0 Å². The van der Waals surface area contributed by atoms with E-state index in [0.717, 1.165) is 75.5 Å². The van der Waals surface area contributed by atoms with Crippen LogP contribution in [-0.2, 0) is 28.6 Å². The standard InChI is InChI=1S/C55H106O6/c1-7-51(6)43-37-31-25-20-21-26-32-38-44-53(56)59-47-52(48-60-54(57)45-39-33-28-22-24-30-36-42-50(4)5)61-55(58)46-40-34-27-19-17-15-13-11-9-8-10-12-14-16-18-23-29-35-41-49(2)3/h49-52H,7-48H2,1-6H3/t51?,52-/m1/s1. The minimum absolute atomic E-state index is 0.0654. The van der Waals surface area contributed by atoms with E-state index in [4.69, 9.17) is 14.2 Å². The Morgan fingerprint density at radius 1 is 0.328 bits per heavy atom. The van der Waals surface area contributed by atoms with E-state index in [9.17, 15) is 14.4 Å². The predicted molar refractivity (Wildman–Crippen MR) is 261 cm³/mol. The fraction of sp³-hybridized carbons (Fsp3) is 0.945. The Kier molecular flexibility index (Phi) is 45.2. The lowest BCUT2D eigenvalue weighted by atomic mass is 9.99. The third-order valence-corrected chi connectivity index (χ3v) is 12.8. The van der Waals surface area contributed by atoms with Crippen LogP contribution < -0.4 is 0 Å². The summed E-state index contributed by atoms with van der Waals surface area (Å²) in [4.78, 5) is 37.9. The Bertz CT molecular complexity index is 947. The number of carbonyl (C=O) groups excluding carboxylic acids is 3. The molecule has 0 amide bonds. The molecule has 0 bridgehead atoms. The van der Waals surface area contributed by atoms with Gasteiger partial charge in [-0.3, -0.25) is 14.4 Å². The zero-order valence-electron chi connectivity index (χ0n) is 42.0. The first kappa shape index (κ1) is 59.4. The van der Waals surface area contributed by atoms with Crippen LogP contribution in [-0.4, -0.2) is 37.2 Å². The molecule has 1 unspecified atom stereocenters. The lowest BCUT2D eigenvalue weighted by Crippen LogP contribution is -2.30. The van der Waals surface area contributed by atoms with Gasteiger partial charge in [0.15, 0.2) is 6.10 Å². The van der Waals surface area contributed by atoms with Crippen molar-refractivity contribution < 1.29 is 28.6 Å². The third kappa shape index (κ3) is 47.7. The average molecular weight is 863 g/mol. The molecule has 0 saturated carbocycles. The van der Waals surface area contributed by atoms with Gasteiger partial charge >= 0.3 is 17.9 Å². The van der Waals surface area contributed by atoms with E-state index in [0.29, 0.717) is 19.3 Å². The van der Waals surface area contributed by atoms with Gasteiger partial charge in [0.25, 0.3) is 0 Å². The second-order valence-electron chi connectivity index (χ2n) is 20.1. The van der Waals surface area contributed by atoms with E-state index in [-0.39, 0.29) is 31.1 Å². The van der Waals surface area contributed by atoms with Gasteiger partial charge in [0.2, 0.25) is 0 Å². The van der Waals surface area contributed by atoms with Crippen molar-refractivity contribution in [1.29, 1.82) is 0 Å². The maximum absolute atomic E-state index is 12.8. The molecule has 2 atom stereocenters. The predicted octanol–water partition coefficient (Wildman–Crippen LogP) is 17.6. The monoisotopic (exact) mass is 863 g/mol. The topological polar surface area (TPSA) is 78.9 Å². The fourth-order valence-electron chi connectivity index (χ4n) is 8.26. The zero-order valence-corrected chi connectivity index (χ0v) is 42.0. The highest BCUT2D eigenvalue weighted by Crippen LogP contribution is 2.18. The van der Waals surface area contributed by atoms with Crippen LogP contribution in [0.2, 0.25) is 0 Å². The molecule has 0 aromatic heterocycles. The quantitative estimate of drug-likeness (QED) is 0.0344. The van der Waals surface area contributed by atoms with Gasteiger partial charge in [-0.25, -0.2) is 0 Å². The minimum Gasteiger partial charge on any atom is -0.462 e. The summed E-state index contributed by atoms with van der Waals surface area (Å²) < 4.78 is 16.8. The summed E-state index contributed by atoms with van der Waals surface area (Å²) in [5.74, 6) is 1.63. The largest absolute Gasteiger partial charge is 0.462 e. The van der Waals surface area contributed by atoms with E-state index in [1.165, 1.54) is 180 Å². The van der Waals surface area contributed by atoms with Crippen LogP contribution >= 0.6 is 0 Å². The smallest absolute Gasteiger partial charge is 0.306 e. The van der Waals surface area contributed by atoms with Crippen molar-refractivity contribution in [2.45, 2.75) is 304 Å². The molecule has 6 heteroatoms. The Morgan fingerprint density at radius 2 is 0.574 bits per heavy atom. The van der Waals surface area contributed by atoms with Crippen LogP contribution in [0.4, 0.5) is 0 Å². The molecule has 61 heavy (non-hydrogen) atoms. The summed E-state index contributed by atoms with van der Waals surface area (Å²) >= 11 is 0. The summed E-state index contributed by atoms with van der Waals surface area (Å²) in [6.45, 7) is 13.7. The molecule has 0 heterocycles. The Balaban J connectivity index is 4.23. The second kappa shape index (κ2) is 46.4. The van der Waals surface area contributed by atoms with Crippen molar-refractivity contribution in [2.75, 3.05) is 13.2 Å². The minimum atomic E-state index is -0.763. The van der Waals surface area contributed by atoms with Crippen molar-refractivity contribution in [3.8, 4) is 0 Å². The molecule has 0 aliphatic heterocycles. The van der Waals surface area contributed by atoms with Gasteiger partial charge in [0.05, 0.1) is 0 Å². The Labute approximate surface area is 380 Å². The van der Waals surface area contributed by atoms with E-state index < -0.39 is 6.10 Å². The van der Waals surface area contributed by atoms with Crippen molar-refractivity contribution in [3.63, 3.8) is 0 Å². The van der Waals surface area contributed by atoms with Crippen LogP contribution in [0, 0.1) is 17.8 Å². The van der Waals surface area contributed by atoms with E-state index >= 15 is 0 Å². The number of unbranched alkanes of at least 4 members (excludes halogenated alkanes) is 30. The summed E-state index contributed by atoms with van der Waals surface area (Å²) in [7, 11) is 0. The lowest BCUT2D eigenvalue weighted by molar-refractivity contribution is -0.167. The van der Waals surface area contributed by atoms with Crippen molar-refractivity contribution in [3.05, 3.63) is 0 Å². The molecular weight excluding hydrogens is 757 g/mol. The second-order valence-corrected chi connectivity index (χ2v) is 20.1. The highest BCUT2D eigenvalue weighted by molar-refractivity contribution is 5.71.